The summed E-state index contributed by atoms with van der Waals surface area (Å²) in [5, 5.41) is 10.5. The molecule has 2 aliphatic heterocycles. The van der Waals surface area contributed by atoms with Crippen LogP contribution in [-0.4, -0.2) is 31.1 Å². The highest BCUT2D eigenvalue weighted by Gasteiger charge is 2.33. The number of methoxy groups -OCH3 is 1. The van der Waals surface area contributed by atoms with Crippen LogP contribution >= 0.6 is 0 Å². The van der Waals surface area contributed by atoms with Gasteiger partial charge < -0.3 is 19.5 Å². The molecule has 0 aromatic heterocycles. The largest absolute Gasteiger partial charge is 0.507 e. The van der Waals surface area contributed by atoms with Gasteiger partial charge in [-0.2, -0.15) is 0 Å². The van der Waals surface area contributed by atoms with Gasteiger partial charge in [0.15, 0.2) is 11.5 Å². The smallest absolute Gasteiger partial charge is 0.231 e. The van der Waals surface area contributed by atoms with E-state index in [-0.39, 0.29) is 17.3 Å². The molecule has 1 unspecified atom stereocenters. The Labute approximate surface area is 165 Å². The third-order valence-corrected chi connectivity index (χ3v) is 5.62. The number of piperidine rings is 1. The Morgan fingerprint density at radius 3 is 2.75 bits per heavy atom. The molecule has 4 rings (SSSR count). The molecule has 2 aliphatic rings. The van der Waals surface area contributed by atoms with Gasteiger partial charge in [0.25, 0.3) is 0 Å². The second-order valence-electron chi connectivity index (χ2n) is 7.78. The summed E-state index contributed by atoms with van der Waals surface area (Å²) < 4.78 is 11.1. The fourth-order valence-electron chi connectivity index (χ4n) is 4.13. The number of carbonyl (C=O) groups excluding carboxylic acids is 1. The Hall–Kier alpha value is -2.79. The minimum Gasteiger partial charge on any atom is -0.507 e. The number of aromatic hydroxyl groups is 1. The zero-order chi connectivity index (χ0) is 19.7. The number of phenols is 1. The van der Waals surface area contributed by atoms with Crippen molar-refractivity contribution in [1.82, 2.24) is 0 Å². The molecule has 0 amide bonds. The molecule has 0 radical (unpaired) electrons. The van der Waals surface area contributed by atoms with Crippen molar-refractivity contribution in [3.63, 3.8) is 0 Å². The first-order chi connectivity index (χ1) is 13.5. The van der Waals surface area contributed by atoms with E-state index in [2.05, 4.69) is 6.92 Å². The minimum atomic E-state index is -0.144. The van der Waals surface area contributed by atoms with Gasteiger partial charge in [0.2, 0.25) is 5.78 Å². The fraction of sp³-hybridized carbons (Fsp3) is 0.348. The number of hydrogen-bond acceptors (Lipinski definition) is 4. The second kappa shape index (κ2) is 7.68. The molecule has 1 saturated heterocycles. The van der Waals surface area contributed by atoms with Crippen LogP contribution in [0.2, 0.25) is 0 Å². The van der Waals surface area contributed by atoms with Crippen molar-refractivity contribution >= 4 is 11.9 Å². The van der Waals surface area contributed by atoms with Crippen LogP contribution < -0.4 is 14.4 Å². The van der Waals surface area contributed by atoms with E-state index in [1.165, 1.54) is 17.7 Å². The predicted octanol–water partition coefficient (Wildman–Crippen LogP) is 2.83. The number of ketones is 1. The summed E-state index contributed by atoms with van der Waals surface area (Å²) in [5.41, 5.74) is 2.11. The third-order valence-electron chi connectivity index (χ3n) is 5.62. The maximum Gasteiger partial charge on any atom is 0.231 e. The van der Waals surface area contributed by atoms with Crippen molar-refractivity contribution in [2.45, 2.75) is 26.3 Å². The van der Waals surface area contributed by atoms with E-state index < -0.39 is 0 Å². The molecule has 2 atom stereocenters. The Kier molecular flexibility index (Phi) is 5.09. The maximum absolute atomic E-state index is 12.8. The van der Waals surface area contributed by atoms with Crippen LogP contribution in [0.5, 0.6) is 17.2 Å². The van der Waals surface area contributed by atoms with Crippen molar-refractivity contribution in [2.24, 2.45) is 5.92 Å². The van der Waals surface area contributed by atoms with Crippen molar-refractivity contribution < 1.29 is 24.3 Å². The second-order valence-corrected chi connectivity index (χ2v) is 7.78. The van der Waals surface area contributed by atoms with Gasteiger partial charge in [-0.05, 0) is 48.7 Å². The number of Topliss-reactive ketones (excluding diaryl/α,β-unsaturated/α-hetero) is 1. The molecule has 1 fully saturated rings. The molecule has 0 spiro atoms. The molecule has 0 saturated carbocycles. The van der Waals surface area contributed by atoms with Gasteiger partial charge in [-0.3, -0.25) is 4.79 Å². The topological polar surface area (TPSA) is 60.2 Å². The standard InChI is InChI=1S/C23H25NO4/c1-15-4-3-11-24(13-15)14-19-20(25)10-9-18-22(26)21(28-23(18)19)12-16-5-7-17(27-2)8-6-16/h5-10,12,15,25H,3-4,11,13-14H2,1-2H3/p+1/t15-/m0/s1. The van der Waals surface area contributed by atoms with Crippen molar-refractivity contribution in [1.29, 1.82) is 0 Å². The average Bonchev–Trinajstić information content (AvgIpc) is 3.01. The van der Waals surface area contributed by atoms with Gasteiger partial charge in [-0.25, -0.2) is 0 Å². The normalized spacial score (nSPS) is 22.8. The van der Waals surface area contributed by atoms with Crippen LogP contribution in [0.25, 0.3) is 6.08 Å². The van der Waals surface area contributed by atoms with E-state index in [1.54, 1.807) is 25.3 Å². The number of ether oxygens (including phenoxy) is 2. The summed E-state index contributed by atoms with van der Waals surface area (Å²) in [6.07, 6.45) is 4.18. The highest BCUT2D eigenvalue weighted by molar-refractivity contribution is 6.14. The molecule has 2 aromatic rings. The summed E-state index contributed by atoms with van der Waals surface area (Å²) in [6.45, 7) is 5.09. The van der Waals surface area contributed by atoms with Gasteiger partial charge in [0.05, 0.1) is 31.3 Å². The summed E-state index contributed by atoms with van der Waals surface area (Å²) >= 11 is 0. The van der Waals surface area contributed by atoms with Crippen LogP contribution in [0.15, 0.2) is 42.2 Å². The Balaban J connectivity index is 1.61. The first-order valence-electron chi connectivity index (χ1n) is 9.82. The molecule has 5 heteroatoms. The number of hydrogen-bond donors (Lipinski definition) is 2. The molecular weight excluding hydrogens is 354 g/mol. The lowest BCUT2D eigenvalue weighted by molar-refractivity contribution is -0.922. The highest BCUT2D eigenvalue weighted by Crippen LogP contribution is 2.39. The van der Waals surface area contributed by atoms with Gasteiger partial charge >= 0.3 is 0 Å². The van der Waals surface area contributed by atoms with Crippen LogP contribution in [-0.2, 0) is 6.54 Å². The maximum atomic E-state index is 12.8. The van der Waals surface area contributed by atoms with Gasteiger partial charge in [-0.15, -0.1) is 0 Å². The van der Waals surface area contributed by atoms with E-state index in [4.69, 9.17) is 9.47 Å². The number of allylic oxidation sites excluding steroid dienone is 1. The number of quaternary nitrogens is 1. The number of carbonyl (C=O) groups is 1. The first-order valence-corrected chi connectivity index (χ1v) is 9.82. The van der Waals surface area contributed by atoms with E-state index in [9.17, 15) is 9.90 Å². The summed E-state index contributed by atoms with van der Waals surface area (Å²) in [5.74, 6) is 2.28. The van der Waals surface area contributed by atoms with E-state index in [0.717, 1.165) is 30.0 Å². The third kappa shape index (κ3) is 3.62. The highest BCUT2D eigenvalue weighted by atomic mass is 16.5. The van der Waals surface area contributed by atoms with Crippen molar-refractivity contribution in [2.75, 3.05) is 20.2 Å². The van der Waals surface area contributed by atoms with E-state index >= 15 is 0 Å². The Morgan fingerprint density at radius 1 is 1.25 bits per heavy atom. The number of nitrogens with one attached hydrogen (secondary N) is 1. The SMILES string of the molecule is COc1ccc(C=C2Oc3c(ccc(O)c3C[NH+]3CCC[C@H](C)C3)C2=O)cc1. The predicted molar refractivity (Wildman–Crippen MR) is 107 cm³/mol. The number of fused-ring (bicyclic) bond motifs is 1. The lowest BCUT2D eigenvalue weighted by Crippen LogP contribution is -3.12. The van der Waals surface area contributed by atoms with E-state index in [0.29, 0.717) is 23.8 Å². The first kappa shape index (κ1) is 18.6. The lowest BCUT2D eigenvalue weighted by atomic mass is 9.99. The van der Waals surface area contributed by atoms with Crippen LogP contribution in [0.3, 0.4) is 0 Å². The molecular formula is C23H26NO4+. The van der Waals surface area contributed by atoms with Crippen LogP contribution in [0, 0.1) is 5.92 Å². The summed E-state index contributed by atoms with van der Waals surface area (Å²) in [6, 6.07) is 10.7. The molecule has 146 valence electrons. The molecule has 28 heavy (non-hydrogen) atoms. The van der Waals surface area contributed by atoms with Crippen molar-refractivity contribution in [3.8, 4) is 17.2 Å². The summed E-state index contributed by atoms with van der Waals surface area (Å²) in [7, 11) is 1.62. The van der Waals surface area contributed by atoms with Crippen LogP contribution in [0.1, 0.15) is 41.3 Å². The number of likely N-dealkylation sites (tertiary alicyclic amines) is 1. The number of phenolic OH excluding ortho intramolecular Hbond substituents is 1. The molecule has 2 heterocycles. The number of benzene rings is 2. The number of rotatable bonds is 4. The zero-order valence-electron chi connectivity index (χ0n) is 16.3. The van der Waals surface area contributed by atoms with E-state index in [1.807, 2.05) is 24.3 Å². The fourth-order valence-corrected chi connectivity index (χ4v) is 4.13. The molecule has 0 aliphatic carbocycles. The van der Waals surface area contributed by atoms with Gasteiger partial charge in [-0.1, -0.05) is 19.1 Å². The van der Waals surface area contributed by atoms with Crippen molar-refractivity contribution in [3.05, 3.63) is 58.8 Å². The van der Waals surface area contributed by atoms with Gasteiger partial charge in [0.1, 0.15) is 18.0 Å². The van der Waals surface area contributed by atoms with Crippen LogP contribution in [0.4, 0.5) is 0 Å². The summed E-state index contributed by atoms with van der Waals surface area (Å²) in [4.78, 5) is 14.2. The monoisotopic (exact) mass is 380 g/mol. The Bertz CT molecular complexity index is 917. The molecule has 5 nitrogen and oxygen atoms in total. The zero-order valence-corrected chi connectivity index (χ0v) is 16.3. The molecule has 0 bridgehead atoms. The molecule has 2 aromatic carbocycles. The quantitative estimate of drug-likeness (QED) is 0.801. The lowest BCUT2D eigenvalue weighted by Gasteiger charge is -2.28. The Morgan fingerprint density at radius 2 is 2.04 bits per heavy atom. The molecule has 2 N–H and O–H groups in total. The minimum absolute atomic E-state index is 0.144. The average molecular weight is 380 g/mol. The van der Waals surface area contributed by atoms with Gasteiger partial charge in [0, 0.05) is 5.92 Å².